The van der Waals surface area contributed by atoms with Crippen molar-refractivity contribution in [3.05, 3.63) is 76.8 Å². The molecule has 3 aromatic rings. The summed E-state index contributed by atoms with van der Waals surface area (Å²) in [4.78, 5) is 2.36. The Morgan fingerprint density at radius 2 is 1.74 bits per heavy atom. The average molecular weight is 441 g/mol. The van der Waals surface area contributed by atoms with Gasteiger partial charge >= 0.3 is 0 Å². The van der Waals surface area contributed by atoms with Crippen LogP contribution in [0.2, 0.25) is 5.02 Å². The first kappa shape index (κ1) is 20.3. The van der Waals surface area contributed by atoms with E-state index < -0.39 is 0 Å². The van der Waals surface area contributed by atoms with Gasteiger partial charge in [0.25, 0.3) is 0 Å². The van der Waals surface area contributed by atoms with Crippen LogP contribution in [0, 0.1) is 23.5 Å². The van der Waals surface area contributed by atoms with Crippen molar-refractivity contribution in [1.82, 2.24) is 15.1 Å². The highest BCUT2D eigenvalue weighted by Gasteiger charge is 2.40. The van der Waals surface area contributed by atoms with Gasteiger partial charge in [-0.15, -0.1) is 10.2 Å². The fourth-order valence-corrected chi connectivity index (χ4v) is 5.18. The summed E-state index contributed by atoms with van der Waals surface area (Å²) >= 11 is 6.16. The van der Waals surface area contributed by atoms with Crippen molar-refractivity contribution < 1.29 is 8.78 Å². The first-order valence-electron chi connectivity index (χ1n) is 10.6. The molecule has 1 saturated heterocycles. The van der Waals surface area contributed by atoms with Crippen LogP contribution in [0.4, 0.5) is 14.6 Å². The third-order valence-corrected chi connectivity index (χ3v) is 6.73. The van der Waals surface area contributed by atoms with Crippen molar-refractivity contribution in [2.45, 2.75) is 25.4 Å². The zero-order valence-electron chi connectivity index (χ0n) is 16.9. The minimum Gasteiger partial charge on any atom is -0.366 e. The van der Waals surface area contributed by atoms with E-state index in [4.69, 9.17) is 11.6 Å². The zero-order chi connectivity index (χ0) is 21.4. The highest BCUT2D eigenvalue weighted by molar-refractivity contribution is 6.33. The van der Waals surface area contributed by atoms with Crippen LogP contribution in [0.3, 0.4) is 0 Å². The van der Waals surface area contributed by atoms with Crippen molar-refractivity contribution in [2.24, 2.45) is 11.8 Å². The maximum absolute atomic E-state index is 13.9. The summed E-state index contributed by atoms with van der Waals surface area (Å²) in [6, 6.07) is 15.3. The van der Waals surface area contributed by atoms with Gasteiger partial charge < -0.3 is 5.32 Å². The molecule has 0 radical (unpaired) electrons. The van der Waals surface area contributed by atoms with Crippen LogP contribution in [0.1, 0.15) is 18.4 Å². The van der Waals surface area contributed by atoms with E-state index >= 15 is 0 Å². The predicted molar refractivity (Wildman–Crippen MR) is 118 cm³/mol. The molecule has 0 unspecified atom stereocenters. The lowest BCUT2D eigenvalue weighted by Crippen LogP contribution is -2.25. The monoisotopic (exact) mass is 440 g/mol. The van der Waals surface area contributed by atoms with Gasteiger partial charge in [-0.3, -0.25) is 4.90 Å². The standard InChI is InChI=1S/C24H23ClF2N4/c25-21-6-5-18(26)11-20(21)23-7-8-24(30-29-23)28-19-9-16-13-31(14-17(16)10-19)12-15-3-1-2-4-22(15)27/h1-8,11,16-17,19H,9-10,12-14H2,(H,28,30)/t16-,17+,19+. The van der Waals surface area contributed by atoms with E-state index in [2.05, 4.69) is 20.4 Å². The maximum atomic E-state index is 13.9. The van der Waals surface area contributed by atoms with E-state index in [1.807, 2.05) is 24.3 Å². The minimum absolute atomic E-state index is 0.124. The van der Waals surface area contributed by atoms with Gasteiger partial charge in [-0.25, -0.2) is 8.78 Å². The first-order valence-corrected chi connectivity index (χ1v) is 10.9. The van der Waals surface area contributed by atoms with Gasteiger partial charge in [0.2, 0.25) is 0 Å². The Balaban J connectivity index is 1.17. The van der Waals surface area contributed by atoms with Gasteiger partial charge in [-0.05, 0) is 61.1 Å². The Bertz CT molecular complexity index is 1060. The number of rotatable bonds is 5. The molecule has 160 valence electrons. The summed E-state index contributed by atoms with van der Waals surface area (Å²) in [5.41, 5.74) is 1.85. The fraction of sp³-hybridized carbons (Fsp3) is 0.333. The molecule has 3 atom stereocenters. The van der Waals surface area contributed by atoms with E-state index in [1.54, 1.807) is 6.07 Å². The molecular formula is C24H23ClF2N4. The molecule has 2 fully saturated rings. The van der Waals surface area contributed by atoms with Crippen molar-refractivity contribution in [3.63, 3.8) is 0 Å². The van der Waals surface area contributed by atoms with Crippen LogP contribution < -0.4 is 5.32 Å². The second-order valence-corrected chi connectivity index (χ2v) is 8.95. The number of anilines is 1. The number of likely N-dealkylation sites (tertiary alicyclic amines) is 1. The zero-order valence-corrected chi connectivity index (χ0v) is 17.7. The molecular weight excluding hydrogens is 418 g/mol. The van der Waals surface area contributed by atoms with Crippen molar-refractivity contribution in [3.8, 4) is 11.3 Å². The fourth-order valence-electron chi connectivity index (χ4n) is 4.97. The highest BCUT2D eigenvalue weighted by Crippen LogP contribution is 2.39. The Labute approximate surface area is 185 Å². The Kier molecular flexibility index (Phi) is 5.59. The third kappa shape index (κ3) is 4.41. The van der Waals surface area contributed by atoms with Gasteiger partial charge in [-0.2, -0.15) is 0 Å². The summed E-state index contributed by atoms with van der Waals surface area (Å²) in [5.74, 6) is 1.46. The lowest BCUT2D eigenvalue weighted by Gasteiger charge is -2.20. The molecule has 31 heavy (non-hydrogen) atoms. The number of fused-ring (bicyclic) bond motifs is 1. The van der Waals surface area contributed by atoms with Crippen LogP contribution in [0.5, 0.6) is 0 Å². The summed E-state index contributed by atoms with van der Waals surface area (Å²) in [7, 11) is 0. The lowest BCUT2D eigenvalue weighted by molar-refractivity contribution is 0.296. The molecule has 0 amide bonds. The quantitative estimate of drug-likeness (QED) is 0.577. The topological polar surface area (TPSA) is 41.0 Å². The number of nitrogens with zero attached hydrogens (tertiary/aromatic N) is 3. The number of benzene rings is 2. The first-order chi connectivity index (χ1) is 15.0. The number of hydrogen-bond donors (Lipinski definition) is 1. The van der Waals surface area contributed by atoms with Gasteiger partial charge in [0.1, 0.15) is 17.5 Å². The maximum Gasteiger partial charge on any atom is 0.148 e. The molecule has 1 aromatic heterocycles. The second-order valence-electron chi connectivity index (χ2n) is 8.55. The van der Waals surface area contributed by atoms with Gasteiger partial charge in [-0.1, -0.05) is 29.8 Å². The lowest BCUT2D eigenvalue weighted by atomic mass is 10.0. The molecule has 2 heterocycles. The number of halogens is 3. The summed E-state index contributed by atoms with van der Waals surface area (Å²) < 4.78 is 27.5. The SMILES string of the molecule is Fc1ccc(Cl)c(-c2ccc(N[C@H]3C[C@@H]4CN(Cc5ccccc5F)C[C@@H]4C3)nn2)c1. The number of aromatic nitrogens is 2. The second kappa shape index (κ2) is 8.52. The van der Waals surface area contributed by atoms with E-state index in [9.17, 15) is 8.78 Å². The molecule has 2 aromatic carbocycles. The van der Waals surface area contributed by atoms with Gasteiger partial charge in [0, 0.05) is 36.8 Å². The Hall–Kier alpha value is -2.57. The van der Waals surface area contributed by atoms with Crippen molar-refractivity contribution in [1.29, 1.82) is 0 Å². The minimum atomic E-state index is -0.357. The molecule has 0 spiro atoms. The molecule has 0 bridgehead atoms. The molecule has 7 heteroatoms. The van der Waals surface area contributed by atoms with E-state index in [0.717, 1.165) is 31.5 Å². The average Bonchev–Trinajstić information content (AvgIpc) is 3.30. The molecule has 1 aliphatic carbocycles. The smallest absolute Gasteiger partial charge is 0.148 e. The van der Waals surface area contributed by atoms with Crippen LogP contribution in [-0.4, -0.2) is 34.2 Å². The van der Waals surface area contributed by atoms with Gasteiger partial charge in [0.05, 0.1) is 10.7 Å². The van der Waals surface area contributed by atoms with Crippen molar-refractivity contribution in [2.75, 3.05) is 18.4 Å². The normalized spacial score (nSPS) is 23.1. The Morgan fingerprint density at radius 1 is 0.968 bits per heavy atom. The molecule has 4 nitrogen and oxygen atoms in total. The van der Waals surface area contributed by atoms with Crippen LogP contribution >= 0.6 is 11.6 Å². The summed E-state index contributed by atoms with van der Waals surface area (Å²) in [5, 5.41) is 12.4. The molecule has 1 aliphatic heterocycles. The molecule has 2 aliphatic rings. The highest BCUT2D eigenvalue weighted by atomic mass is 35.5. The van der Waals surface area contributed by atoms with E-state index in [1.165, 1.54) is 24.3 Å². The third-order valence-electron chi connectivity index (χ3n) is 6.40. The molecule has 1 saturated carbocycles. The van der Waals surface area contributed by atoms with E-state index in [0.29, 0.717) is 46.5 Å². The van der Waals surface area contributed by atoms with E-state index in [-0.39, 0.29) is 11.6 Å². The number of nitrogens with one attached hydrogen (secondary N) is 1. The molecule has 1 N–H and O–H groups in total. The van der Waals surface area contributed by atoms with Crippen LogP contribution in [-0.2, 0) is 6.54 Å². The largest absolute Gasteiger partial charge is 0.366 e. The molecule has 5 rings (SSSR count). The Morgan fingerprint density at radius 3 is 2.45 bits per heavy atom. The van der Waals surface area contributed by atoms with Crippen LogP contribution in [0.25, 0.3) is 11.3 Å². The van der Waals surface area contributed by atoms with Crippen molar-refractivity contribution >= 4 is 17.4 Å². The predicted octanol–water partition coefficient (Wildman–Crippen LogP) is 5.40. The summed E-state index contributed by atoms with van der Waals surface area (Å²) in [6.45, 7) is 2.67. The van der Waals surface area contributed by atoms with Crippen LogP contribution in [0.15, 0.2) is 54.6 Å². The number of hydrogen-bond acceptors (Lipinski definition) is 4. The summed E-state index contributed by atoms with van der Waals surface area (Å²) in [6.07, 6.45) is 2.13. The van der Waals surface area contributed by atoms with Gasteiger partial charge in [0.15, 0.2) is 0 Å².